The fourth-order valence-electron chi connectivity index (χ4n) is 2.12. The zero-order valence-electron chi connectivity index (χ0n) is 11.4. The van der Waals surface area contributed by atoms with Gasteiger partial charge in [0.25, 0.3) is 0 Å². The third-order valence-corrected chi connectivity index (χ3v) is 3.14. The van der Waals surface area contributed by atoms with Crippen molar-refractivity contribution in [2.75, 3.05) is 0 Å². The Labute approximate surface area is 120 Å². The summed E-state index contributed by atoms with van der Waals surface area (Å²) < 4.78 is 7.25. The summed E-state index contributed by atoms with van der Waals surface area (Å²) in [7, 11) is 0. The van der Waals surface area contributed by atoms with E-state index in [1.165, 1.54) is 0 Å². The largest absolute Gasteiger partial charge is 0.484 e. The number of carboxylic acid groups (broad SMARTS) is 1. The van der Waals surface area contributed by atoms with Crippen LogP contribution in [0.15, 0.2) is 42.6 Å². The van der Waals surface area contributed by atoms with Gasteiger partial charge in [-0.1, -0.05) is 30.3 Å². The Morgan fingerprint density at radius 3 is 2.76 bits per heavy atom. The van der Waals surface area contributed by atoms with Crippen LogP contribution in [0.2, 0.25) is 0 Å². The number of rotatable bonds is 4. The number of ether oxygens (including phenoxy) is 1. The van der Waals surface area contributed by atoms with Gasteiger partial charge in [-0.3, -0.25) is 0 Å². The number of fused-ring (bicyclic) bond motifs is 1. The molecule has 0 unspecified atom stereocenters. The van der Waals surface area contributed by atoms with Gasteiger partial charge in [0, 0.05) is 6.07 Å². The molecule has 1 aromatic carbocycles. The van der Waals surface area contributed by atoms with E-state index in [0.29, 0.717) is 11.3 Å². The Morgan fingerprint density at radius 1 is 1.29 bits per heavy atom. The molecule has 2 aromatic heterocycles. The van der Waals surface area contributed by atoms with E-state index < -0.39 is 5.97 Å². The molecular formula is C15H13N3O3. The lowest BCUT2D eigenvalue weighted by atomic mass is 10.2. The molecule has 0 atom stereocenters. The van der Waals surface area contributed by atoms with Crippen molar-refractivity contribution in [1.29, 1.82) is 0 Å². The molecule has 2 heterocycles. The standard InChI is InChI=1S/C15H13N3O3/c1-10-14(21-9-11-5-3-2-4-6-11)13(15(19)20)17-12-7-8-16-18(10)12/h2-8H,9H2,1H3,(H,19,20). The summed E-state index contributed by atoms with van der Waals surface area (Å²) in [5.41, 5.74) is 1.94. The Balaban J connectivity index is 2.01. The van der Waals surface area contributed by atoms with Crippen LogP contribution in [0.5, 0.6) is 5.75 Å². The van der Waals surface area contributed by atoms with Gasteiger partial charge in [-0.15, -0.1) is 0 Å². The first-order valence-electron chi connectivity index (χ1n) is 6.41. The molecule has 0 aliphatic heterocycles. The van der Waals surface area contributed by atoms with Crippen molar-refractivity contribution in [3.63, 3.8) is 0 Å². The number of hydrogen-bond acceptors (Lipinski definition) is 4. The predicted octanol–water partition coefficient (Wildman–Crippen LogP) is 2.31. The minimum absolute atomic E-state index is 0.101. The molecule has 106 valence electrons. The number of benzene rings is 1. The van der Waals surface area contributed by atoms with E-state index in [2.05, 4.69) is 10.1 Å². The quantitative estimate of drug-likeness (QED) is 0.795. The summed E-state index contributed by atoms with van der Waals surface area (Å²) in [5.74, 6) is -0.882. The van der Waals surface area contributed by atoms with Crippen LogP contribution in [0.4, 0.5) is 0 Å². The first-order valence-corrected chi connectivity index (χ1v) is 6.41. The van der Waals surface area contributed by atoms with E-state index in [1.807, 2.05) is 30.3 Å². The third kappa shape index (κ3) is 2.43. The lowest BCUT2D eigenvalue weighted by Gasteiger charge is -2.12. The second-order valence-electron chi connectivity index (χ2n) is 4.56. The molecule has 0 fully saturated rings. The fourth-order valence-corrected chi connectivity index (χ4v) is 2.12. The minimum atomic E-state index is -1.12. The molecular weight excluding hydrogens is 270 g/mol. The molecule has 0 spiro atoms. The topological polar surface area (TPSA) is 76.7 Å². The number of carbonyl (C=O) groups is 1. The average molecular weight is 283 g/mol. The SMILES string of the molecule is Cc1c(OCc2ccccc2)c(C(=O)O)nc2ccnn12. The molecule has 3 aromatic rings. The van der Waals surface area contributed by atoms with Gasteiger partial charge in [0.15, 0.2) is 17.1 Å². The van der Waals surface area contributed by atoms with E-state index in [0.717, 1.165) is 5.56 Å². The van der Waals surface area contributed by atoms with Crippen molar-refractivity contribution in [3.05, 3.63) is 59.5 Å². The van der Waals surface area contributed by atoms with Crippen LogP contribution in [0.3, 0.4) is 0 Å². The highest BCUT2D eigenvalue weighted by molar-refractivity contribution is 5.89. The van der Waals surface area contributed by atoms with Crippen LogP contribution in [-0.2, 0) is 6.61 Å². The number of aromatic carboxylic acids is 1. The normalized spacial score (nSPS) is 10.7. The van der Waals surface area contributed by atoms with E-state index in [9.17, 15) is 9.90 Å². The number of aryl methyl sites for hydroxylation is 1. The molecule has 0 aliphatic rings. The summed E-state index contributed by atoms with van der Waals surface area (Å²) in [5, 5.41) is 13.4. The first-order chi connectivity index (χ1) is 10.2. The van der Waals surface area contributed by atoms with Gasteiger partial charge in [-0.25, -0.2) is 14.3 Å². The van der Waals surface area contributed by atoms with Gasteiger partial charge >= 0.3 is 5.97 Å². The monoisotopic (exact) mass is 283 g/mol. The van der Waals surface area contributed by atoms with Crippen molar-refractivity contribution >= 4 is 11.6 Å². The highest BCUT2D eigenvalue weighted by atomic mass is 16.5. The second-order valence-corrected chi connectivity index (χ2v) is 4.56. The smallest absolute Gasteiger partial charge is 0.358 e. The van der Waals surface area contributed by atoms with Gasteiger partial charge in [0.2, 0.25) is 0 Å². The summed E-state index contributed by atoms with van der Waals surface area (Å²) in [4.78, 5) is 15.5. The molecule has 0 saturated carbocycles. The fraction of sp³-hybridized carbons (Fsp3) is 0.133. The molecule has 0 aliphatic carbocycles. The molecule has 3 rings (SSSR count). The molecule has 6 heteroatoms. The van der Waals surface area contributed by atoms with Gasteiger partial charge in [0.05, 0.1) is 11.9 Å². The average Bonchev–Trinajstić information content (AvgIpc) is 2.96. The van der Waals surface area contributed by atoms with Crippen LogP contribution >= 0.6 is 0 Å². The van der Waals surface area contributed by atoms with Crippen LogP contribution in [0.25, 0.3) is 5.65 Å². The Morgan fingerprint density at radius 2 is 2.05 bits per heavy atom. The van der Waals surface area contributed by atoms with Crippen molar-refractivity contribution in [1.82, 2.24) is 14.6 Å². The highest BCUT2D eigenvalue weighted by Crippen LogP contribution is 2.24. The van der Waals surface area contributed by atoms with Gasteiger partial charge < -0.3 is 9.84 Å². The maximum atomic E-state index is 11.4. The van der Waals surface area contributed by atoms with E-state index >= 15 is 0 Å². The van der Waals surface area contributed by atoms with E-state index in [1.54, 1.807) is 23.7 Å². The summed E-state index contributed by atoms with van der Waals surface area (Å²) >= 11 is 0. The van der Waals surface area contributed by atoms with Crippen LogP contribution in [0.1, 0.15) is 21.7 Å². The molecule has 21 heavy (non-hydrogen) atoms. The summed E-state index contributed by atoms with van der Waals surface area (Å²) in [6, 6.07) is 11.2. The van der Waals surface area contributed by atoms with Gasteiger partial charge in [0.1, 0.15) is 6.61 Å². The first kappa shape index (κ1) is 13.1. The lowest BCUT2D eigenvalue weighted by molar-refractivity contribution is 0.0684. The van der Waals surface area contributed by atoms with Gasteiger partial charge in [-0.2, -0.15) is 5.10 Å². The zero-order valence-corrected chi connectivity index (χ0v) is 11.4. The Bertz CT molecular complexity index is 797. The molecule has 0 bridgehead atoms. The van der Waals surface area contributed by atoms with Crippen molar-refractivity contribution in [3.8, 4) is 5.75 Å². The van der Waals surface area contributed by atoms with Crippen LogP contribution in [0, 0.1) is 6.92 Å². The van der Waals surface area contributed by atoms with Crippen LogP contribution < -0.4 is 4.74 Å². The molecule has 6 nitrogen and oxygen atoms in total. The zero-order chi connectivity index (χ0) is 14.8. The maximum Gasteiger partial charge on any atom is 0.358 e. The van der Waals surface area contributed by atoms with Crippen LogP contribution in [-0.4, -0.2) is 25.7 Å². The maximum absolute atomic E-state index is 11.4. The number of aromatic nitrogens is 3. The Kier molecular flexibility index (Phi) is 3.27. The molecule has 0 saturated heterocycles. The molecule has 0 radical (unpaired) electrons. The van der Waals surface area contributed by atoms with E-state index in [-0.39, 0.29) is 18.1 Å². The lowest BCUT2D eigenvalue weighted by Crippen LogP contribution is -2.11. The number of hydrogen-bond donors (Lipinski definition) is 1. The highest BCUT2D eigenvalue weighted by Gasteiger charge is 2.19. The molecule has 1 N–H and O–H groups in total. The van der Waals surface area contributed by atoms with Crippen molar-refractivity contribution in [2.24, 2.45) is 0 Å². The minimum Gasteiger partial charge on any atom is -0.484 e. The third-order valence-electron chi connectivity index (χ3n) is 3.14. The second kappa shape index (κ2) is 5.24. The summed E-state index contributed by atoms with van der Waals surface area (Å²) in [6.07, 6.45) is 1.57. The molecule has 0 amide bonds. The van der Waals surface area contributed by atoms with E-state index in [4.69, 9.17) is 4.74 Å². The number of carboxylic acids is 1. The summed E-state index contributed by atoms with van der Waals surface area (Å²) in [6.45, 7) is 2.03. The van der Waals surface area contributed by atoms with Crippen molar-refractivity contribution < 1.29 is 14.6 Å². The predicted molar refractivity (Wildman–Crippen MR) is 75.5 cm³/mol. The number of nitrogens with zero attached hydrogens (tertiary/aromatic N) is 3. The Hall–Kier alpha value is -2.89. The van der Waals surface area contributed by atoms with Crippen molar-refractivity contribution in [2.45, 2.75) is 13.5 Å². The van der Waals surface area contributed by atoms with Gasteiger partial charge in [-0.05, 0) is 12.5 Å².